The second-order valence-electron chi connectivity index (χ2n) is 8.14. The lowest BCUT2D eigenvalue weighted by molar-refractivity contribution is -0.118. The molecule has 31 heavy (non-hydrogen) atoms. The molecule has 0 fully saturated rings. The lowest BCUT2D eigenvalue weighted by Gasteiger charge is -2.28. The minimum Gasteiger partial charge on any atom is -0.508 e. The highest BCUT2D eigenvalue weighted by atomic mass is 16.3. The molecular formula is C25H30N2O4. The topological polar surface area (TPSA) is 81.1 Å². The summed E-state index contributed by atoms with van der Waals surface area (Å²) in [7, 11) is 0. The molecule has 6 nitrogen and oxygen atoms in total. The summed E-state index contributed by atoms with van der Waals surface area (Å²) in [6.07, 6.45) is 0.219. The molecule has 1 aliphatic rings. The zero-order chi connectivity index (χ0) is 22.7. The van der Waals surface area contributed by atoms with Crippen molar-refractivity contribution < 1.29 is 19.8 Å². The largest absolute Gasteiger partial charge is 0.508 e. The summed E-state index contributed by atoms with van der Waals surface area (Å²) in [5, 5.41) is 20.7. The number of hydrogen-bond donors (Lipinski definition) is 2. The van der Waals surface area contributed by atoms with Crippen molar-refractivity contribution in [3.05, 3.63) is 65.4 Å². The molecule has 2 aromatic rings. The summed E-state index contributed by atoms with van der Waals surface area (Å²) in [5.74, 6) is -1.29. The van der Waals surface area contributed by atoms with Crippen LogP contribution in [0.15, 0.2) is 59.9 Å². The number of aromatic hydroxyl groups is 1. The van der Waals surface area contributed by atoms with Crippen molar-refractivity contribution in [1.29, 1.82) is 0 Å². The first-order valence-corrected chi connectivity index (χ1v) is 10.7. The Morgan fingerprint density at radius 3 is 2.26 bits per heavy atom. The van der Waals surface area contributed by atoms with Gasteiger partial charge >= 0.3 is 0 Å². The van der Waals surface area contributed by atoms with Crippen LogP contribution in [0, 0.1) is 5.92 Å². The van der Waals surface area contributed by atoms with Gasteiger partial charge in [0.15, 0.2) is 11.5 Å². The normalized spacial score (nSPS) is 16.4. The molecule has 0 aliphatic carbocycles. The Bertz CT molecular complexity index is 991. The number of aliphatic hydroxyl groups is 1. The first kappa shape index (κ1) is 22.4. The number of phenols is 1. The average molecular weight is 423 g/mol. The number of rotatable bonds is 8. The molecule has 0 spiro atoms. The molecule has 6 heteroatoms. The molecular weight excluding hydrogens is 392 g/mol. The molecule has 2 N–H and O–H groups in total. The summed E-state index contributed by atoms with van der Waals surface area (Å²) < 4.78 is 0. The maximum Gasteiger partial charge on any atom is 0.294 e. The Hall–Kier alpha value is -3.28. The molecule has 0 bridgehead atoms. The average Bonchev–Trinajstić information content (AvgIpc) is 3.00. The molecule has 2 aromatic carbocycles. The monoisotopic (exact) mass is 422 g/mol. The van der Waals surface area contributed by atoms with Crippen LogP contribution in [0.2, 0.25) is 0 Å². The summed E-state index contributed by atoms with van der Waals surface area (Å²) in [6, 6.07) is 13.2. The Morgan fingerprint density at radius 2 is 1.71 bits per heavy atom. The molecule has 0 saturated heterocycles. The maximum atomic E-state index is 13.1. The molecule has 1 unspecified atom stereocenters. The first-order chi connectivity index (χ1) is 14.8. The van der Waals surface area contributed by atoms with Crippen molar-refractivity contribution in [3.63, 3.8) is 0 Å². The van der Waals surface area contributed by atoms with Crippen LogP contribution in [-0.4, -0.2) is 35.0 Å². The van der Waals surface area contributed by atoms with Crippen LogP contribution < -0.4 is 9.80 Å². The van der Waals surface area contributed by atoms with Crippen molar-refractivity contribution in [1.82, 2.24) is 0 Å². The number of carbonyl (C=O) groups excluding carboxylic acids is 2. The van der Waals surface area contributed by atoms with E-state index in [0.29, 0.717) is 11.3 Å². The molecule has 1 atom stereocenters. The molecule has 1 amide bonds. The minimum atomic E-state index is -0.801. The zero-order valence-electron chi connectivity index (χ0n) is 18.5. The third-order valence-electron chi connectivity index (χ3n) is 5.54. The molecule has 0 aromatic heterocycles. The van der Waals surface area contributed by atoms with Gasteiger partial charge in [-0.25, -0.2) is 0 Å². The number of hydrogen-bond acceptors (Lipinski definition) is 5. The van der Waals surface area contributed by atoms with Crippen LogP contribution >= 0.6 is 0 Å². The Labute approximate surface area is 183 Å². The van der Waals surface area contributed by atoms with Crippen molar-refractivity contribution in [2.45, 2.75) is 40.2 Å². The van der Waals surface area contributed by atoms with E-state index in [1.54, 1.807) is 12.1 Å². The smallest absolute Gasteiger partial charge is 0.294 e. The van der Waals surface area contributed by atoms with E-state index in [-0.39, 0.29) is 29.4 Å². The van der Waals surface area contributed by atoms with Crippen molar-refractivity contribution in [2.75, 3.05) is 22.9 Å². The van der Waals surface area contributed by atoms with E-state index >= 15 is 0 Å². The van der Waals surface area contributed by atoms with Crippen molar-refractivity contribution >= 4 is 23.1 Å². The number of benzene rings is 2. The van der Waals surface area contributed by atoms with E-state index in [2.05, 4.69) is 18.7 Å². The number of nitrogens with zero attached hydrogens (tertiary/aromatic N) is 2. The number of aliphatic hydroxyl groups excluding tert-OH is 1. The standard InChI is InChI=1S/C25H30N2O4/c1-5-26(6-2)18-10-12-19(13-11-18)27-23(17-8-7-9-20(28)15-17)22(24(30)25(27)31)21(29)14-16(3)4/h7-13,15-16,23,28,30H,5-6,14H2,1-4H3. The minimum absolute atomic E-state index is 0.0313. The number of anilines is 2. The number of carbonyl (C=O) groups is 2. The molecule has 164 valence electrons. The summed E-state index contributed by atoms with van der Waals surface area (Å²) >= 11 is 0. The zero-order valence-corrected chi connectivity index (χ0v) is 18.5. The Morgan fingerprint density at radius 1 is 1.06 bits per heavy atom. The fourth-order valence-electron chi connectivity index (χ4n) is 4.06. The van der Waals surface area contributed by atoms with Gasteiger partial charge in [-0.1, -0.05) is 26.0 Å². The van der Waals surface area contributed by atoms with E-state index in [4.69, 9.17) is 0 Å². The van der Waals surface area contributed by atoms with E-state index in [0.717, 1.165) is 18.8 Å². The number of phenolic OH excluding ortho intramolecular Hbond substituents is 1. The van der Waals surface area contributed by atoms with Crippen LogP contribution in [0.3, 0.4) is 0 Å². The number of Topliss-reactive ketones (excluding diaryl/α,β-unsaturated/α-hetero) is 1. The van der Waals surface area contributed by atoms with E-state index in [1.165, 1.54) is 17.0 Å². The SMILES string of the molecule is CCN(CC)c1ccc(N2C(=O)C(O)=C(C(=O)CC(C)C)C2c2cccc(O)c2)cc1. The van der Waals surface area contributed by atoms with Crippen molar-refractivity contribution in [2.24, 2.45) is 5.92 Å². The van der Waals surface area contributed by atoms with Crippen LogP contribution in [0.5, 0.6) is 5.75 Å². The highest BCUT2D eigenvalue weighted by Crippen LogP contribution is 2.42. The number of ketones is 1. The van der Waals surface area contributed by atoms with Gasteiger partial charge in [-0.15, -0.1) is 0 Å². The van der Waals surface area contributed by atoms with Gasteiger partial charge in [0.05, 0.1) is 11.6 Å². The second kappa shape index (κ2) is 9.25. The van der Waals surface area contributed by atoms with Gasteiger partial charge in [-0.2, -0.15) is 0 Å². The summed E-state index contributed by atoms with van der Waals surface area (Å²) in [5.41, 5.74) is 2.25. The third kappa shape index (κ3) is 4.43. The fraction of sp³-hybridized carbons (Fsp3) is 0.360. The Balaban J connectivity index is 2.08. The highest BCUT2D eigenvalue weighted by molar-refractivity contribution is 6.16. The summed E-state index contributed by atoms with van der Waals surface area (Å²) in [6.45, 7) is 9.71. The lowest BCUT2D eigenvalue weighted by atomic mass is 9.92. The third-order valence-corrected chi connectivity index (χ3v) is 5.54. The summed E-state index contributed by atoms with van der Waals surface area (Å²) in [4.78, 5) is 29.7. The van der Waals surface area contributed by atoms with Crippen LogP contribution in [0.25, 0.3) is 0 Å². The van der Waals surface area contributed by atoms with Crippen LogP contribution in [-0.2, 0) is 9.59 Å². The van der Waals surface area contributed by atoms with Gasteiger partial charge in [-0.3, -0.25) is 14.5 Å². The molecule has 0 radical (unpaired) electrons. The predicted molar refractivity (Wildman–Crippen MR) is 122 cm³/mol. The van der Waals surface area contributed by atoms with Gasteiger partial charge in [0.25, 0.3) is 5.91 Å². The van der Waals surface area contributed by atoms with Crippen LogP contribution in [0.1, 0.15) is 45.7 Å². The van der Waals surface area contributed by atoms with Gasteiger partial charge < -0.3 is 15.1 Å². The molecule has 1 heterocycles. The van der Waals surface area contributed by atoms with Gasteiger partial charge in [0, 0.05) is 30.9 Å². The van der Waals surface area contributed by atoms with Crippen LogP contribution in [0.4, 0.5) is 11.4 Å². The molecule has 0 saturated carbocycles. The second-order valence-corrected chi connectivity index (χ2v) is 8.14. The van der Waals surface area contributed by atoms with Crippen molar-refractivity contribution in [3.8, 4) is 5.75 Å². The molecule has 3 rings (SSSR count). The van der Waals surface area contributed by atoms with Gasteiger partial charge in [0.2, 0.25) is 0 Å². The lowest BCUT2D eigenvalue weighted by Crippen LogP contribution is -2.31. The van der Waals surface area contributed by atoms with Gasteiger partial charge in [0.1, 0.15) is 5.75 Å². The van der Waals surface area contributed by atoms with E-state index in [9.17, 15) is 19.8 Å². The van der Waals surface area contributed by atoms with E-state index in [1.807, 2.05) is 38.1 Å². The maximum absolute atomic E-state index is 13.1. The Kier molecular flexibility index (Phi) is 6.68. The van der Waals surface area contributed by atoms with E-state index < -0.39 is 17.7 Å². The quantitative estimate of drug-likeness (QED) is 0.641. The first-order valence-electron chi connectivity index (χ1n) is 10.7. The molecule has 1 aliphatic heterocycles. The number of amides is 1. The van der Waals surface area contributed by atoms with Gasteiger partial charge in [-0.05, 0) is 61.7 Å². The fourth-order valence-corrected chi connectivity index (χ4v) is 4.06. The predicted octanol–water partition coefficient (Wildman–Crippen LogP) is 4.75. The highest BCUT2D eigenvalue weighted by Gasteiger charge is 2.44.